The zero-order valence-electron chi connectivity index (χ0n) is 15.2. The molecule has 2 heterocycles. The van der Waals surface area contributed by atoms with Crippen molar-refractivity contribution >= 4 is 0 Å². The summed E-state index contributed by atoms with van der Waals surface area (Å²) in [6, 6.07) is 16.5. The zero-order chi connectivity index (χ0) is 17.9. The monoisotopic (exact) mass is 349 g/mol. The van der Waals surface area contributed by atoms with E-state index in [0.29, 0.717) is 0 Å². The van der Waals surface area contributed by atoms with Crippen molar-refractivity contribution in [3.05, 3.63) is 66.1 Å². The average molecular weight is 349 g/mol. The van der Waals surface area contributed by atoms with Crippen LogP contribution < -0.4 is 9.47 Å². The van der Waals surface area contributed by atoms with Gasteiger partial charge in [-0.05, 0) is 42.0 Å². The van der Waals surface area contributed by atoms with Crippen molar-refractivity contribution in [3.63, 3.8) is 0 Å². The van der Waals surface area contributed by atoms with E-state index in [2.05, 4.69) is 38.7 Å². The van der Waals surface area contributed by atoms with Crippen molar-refractivity contribution in [1.29, 1.82) is 0 Å². The summed E-state index contributed by atoms with van der Waals surface area (Å²) in [6.07, 6.45) is 1.98. The molecule has 0 amide bonds. The molecule has 0 atom stereocenters. The largest absolute Gasteiger partial charge is 0.497 e. The summed E-state index contributed by atoms with van der Waals surface area (Å²) in [5.74, 6) is 2.89. The van der Waals surface area contributed by atoms with Crippen LogP contribution in [0.15, 0.2) is 54.7 Å². The smallest absolute Gasteiger partial charge is 0.123 e. The first-order chi connectivity index (χ1) is 12.8. The van der Waals surface area contributed by atoms with E-state index < -0.39 is 0 Å². The SMILES string of the molecule is COc1ccc(CN2CCn3c(-c4ccc(OC)cc4)cnc3C2)cc1. The van der Waals surface area contributed by atoms with Gasteiger partial charge in [-0.2, -0.15) is 0 Å². The summed E-state index contributed by atoms with van der Waals surface area (Å²) in [4.78, 5) is 7.10. The maximum absolute atomic E-state index is 5.25. The minimum Gasteiger partial charge on any atom is -0.497 e. The molecule has 0 spiro atoms. The molecule has 4 rings (SSSR count). The lowest BCUT2D eigenvalue weighted by Gasteiger charge is -2.28. The molecule has 0 bridgehead atoms. The second-order valence-electron chi connectivity index (χ2n) is 6.50. The molecule has 26 heavy (non-hydrogen) atoms. The van der Waals surface area contributed by atoms with E-state index in [1.165, 1.54) is 16.8 Å². The van der Waals surface area contributed by atoms with Gasteiger partial charge in [0.2, 0.25) is 0 Å². The van der Waals surface area contributed by atoms with Gasteiger partial charge in [-0.15, -0.1) is 0 Å². The van der Waals surface area contributed by atoms with Gasteiger partial charge in [0, 0.05) is 25.2 Å². The molecule has 0 unspecified atom stereocenters. The second-order valence-corrected chi connectivity index (χ2v) is 6.50. The number of ether oxygens (including phenoxy) is 2. The van der Waals surface area contributed by atoms with Crippen LogP contribution in [0.5, 0.6) is 11.5 Å². The number of rotatable bonds is 5. The Balaban J connectivity index is 1.48. The molecule has 3 aromatic rings. The zero-order valence-corrected chi connectivity index (χ0v) is 15.2. The first-order valence-corrected chi connectivity index (χ1v) is 8.81. The van der Waals surface area contributed by atoms with Crippen LogP contribution >= 0.6 is 0 Å². The van der Waals surface area contributed by atoms with Crippen molar-refractivity contribution in [1.82, 2.24) is 14.5 Å². The molecular formula is C21H23N3O2. The number of fused-ring (bicyclic) bond motifs is 1. The lowest BCUT2D eigenvalue weighted by Crippen LogP contribution is -2.33. The predicted molar refractivity (Wildman–Crippen MR) is 101 cm³/mol. The predicted octanol–water partition coefficient (Wildman–Crippen LogP) is 3.58. The topological polar surface area (TPSA) is 39.5 Å². The third kappa shape index (κ3) is 3.30. The van der Waals surface area contributed by atoms with Gasteiger partial charge in [0.25, 0.3) is 0 Å². The van der Waals surface area contributed by atoms with Crippen molar-refractivity contribution in [2.45, 2.75) is 19.6 Å². The van der Waals surface area contributed by atoms with Crippen LogP contribution in [-0.2, 0) is 19.6 Å². The molecule has 0 N–H and O–H groups in total. The van der Waals surface area contributed by atoms with Gasteiger partial charge in [0.1, 0.15) is 17.3 Å². The van der Waals surface area contributed by atoms with E-state index in [0.717, 1.165) is 43.5 Å². The Bertz CT molecular complexity index is 869. The third-order valence-corrected chi connectivity index (χ3v) is 4.89. The maximum atomic E-state index is 5.25. The molecule has 0 radical (unpaired) electrons. The highest BCUT2D eigenvalue weighted by molar-refractivity contribution is 5.60. The van der Waals surface area contributed by atoms with E-state index in [-0.39, 0.29) is 0 Å². The van der Waals surface area contributed by atoms with Crippen molar-refractivity contribution < 1.29 is 9.47 Å². The number of imidazole rings is 1. The number of methoxy groups -OCH3 is 2. The summed E-state index contributed by atoms with van der Waals surface area (Å²) < 4.78 is 12.8. The van der Waals surface area contributed by atoms with Crippen molar-refractivity contribution in [2.75, 3.05) is 20.8 Å². The molecule has 5 nitrogen and oxygen atoms in total. The molecule has 134 valence electrons. The van der Waals surface area contributed by atoms with Gasteiger partial charge >= 0.3 is 0 Å². The van der Waals surface area contributed by atoms with E-state index in [1.807, 2.05) is 30.5 Å². The summed E-state index contributed by atoms with van der Waals surface area (Å²) in [5.41, 5.74) is 3.64. The van der Waals surface area contributed by atoms with Gasteiger partial charge in [0.05, 0.1) is 32.7 Å². The van der Waals surface area contributed by atoms with Gasteiger partial charge in [-0.25, -0.2) is 4.98 Å². The summed E-state index contributed by atoms with van der Waals surface area (Å²) in [6.45, 7) is 3.75. The van der Waals surface area contributed by atoms with Crippen LogP contribution in [0.1, 0.15) is 11.4 Å². The number of hydrogen-bond acceptors (Lipinski definition) is 4. The Morgan fingerprint density at radius 2 is 1.54 bits per heavy atom. The van der Waals surface area contributed by atoms with E-state index in [4.69, 9.17) is 9.47 Å². The Morgan fingerprint density at radius 3 is 2.19 bits per heavy atom. The highest BCUT2D eigenvalue weighted by atomic mass is 16.5. The van der Waals surface area contributed by atoms with Crippen LogP contribution in [0.4, 0.5) is 0 Å². The maximum Gasteiger partial charge on any atom is 0.123 e. The molecule has 2 aromatic carbocycles. The Morgan fingerprint density at radius 1 is 0.885 bits per heavy atom. The molecule has 1 aliphatic heterocycles. The summed E-state index contributed by atoms with van der Waals surface area (Å²) in [7, 11) is 3.38. The number of nitrogens with zero attached hydrogens (tertiary/aromatic N) is 3. The van der Waals surface area contributed by atoms with Gasteiger partial charge in [0.15, 0.2) is 0 Å². The Kier molecular flexibility index (Phi) is 4.63. The Hall–Kier alpha value is -2.79. The average Bonchev–Trinajstić information content (AvgIpc) is 3.12. The highest BCUT2D eigenvalue weighted by Crippen LogP contribution is 2.26. The molecule has 1 aromatic heterocycles. The van der Waals surface area contributed by atoms with Crippen LogP contribution in [0.2, 0.25) is 0 Å². The number of benzene rings is 2. The second kappa shape index (κ2) is 7.22. The summed E-state index contributed by atoms with van der Waals surface area (Å²) in [5, 5.41) is 0. The normalized spacial score (nSPS) is 14.1. The van der Waals surface area contributed by atoms with Gasteiger partial charge in [-0.1, -0.05) is 12.1 Å². The van der Waals surface area contributed by atoms with Crippen molar-refractivity contribution in [2.24, 2.45) is 0 Å². The number of hydrogen-bond donors (Lipinski definition) is 0. The molecule has 0 fully saturated rings. The van der Waals surface area contributed by atoms with Crippen LogP contribution in [0, 0.1) is 0 Å². The third-order valence-electron chi connectivity index (χ3n) is 4.89. The number of aromatic nitrogens is 2. The highest BCUT2D eigenvalue weighted by Gasteiger charge is 2.20. The summed E-state index contributed by atoms with van der Waals surface area (Å²) >= 11 is 0. The van der Waals surface area contributed by atoms with E-state index >= 15 is 0 Å². The van der Waals surface area contributed by atoms with E-state index in [9.17, 15) is 0 Å². The van der Waals surface area contributed by atoms with Crippen molar-refractivity contribution in [3.8, 4) is 22.8 Å². The van der Waals surface area contributed by atoms with E-state index in [1.54, 1.807) is 14.2 Å². The molecule has 0 saturated heterocycles. The molecular weight excluding hydrogens is 326 g/mol. The fourth-order valence-corrected chi connectivity index (χ4v) is 3.43. The standard InChI is InChI=1S/C21H23N3O2/c1-25-18-7-3-16(4-8-18)14-23-11-12-24-20(13-22-21(24)15-23)17-5-9-19(26-2)10-6-17/h3-10,13H,11-12,14-15H2,1-2H3. The molecule has 1 aliphatic rings. The minimum absolute atomic E-state index is 0.863. The van der Waals surface area contributed by atoms with Crippen LogP contribution in [0.25, 0.3) is 11.3 Å². The van der Waals surface area contributed by atoms with Crippen LogP contribution in [-0.4, -0.2) is 35.2 Å². The minimum atomic E-state index is 0.863. The van der Waals surface area contributed by atoms with Gasteiger partial charge in [-0.3, -0.25) is 4.90 Å². The lowest BCUT2D eigenvalue weighted by molar-refractivity contribution is 0.209. The quantitative estimate of drug-likeness (QED) is 0.706. The molecule has 0 aliphatic carbocycles. The molecule has 0 saturated carbocycles. The van der Waals surface area contributed by atoms with Crippen LogP contribution in [0.3, 0.4) is 0 Å². The Labute approximate surface area is 153 Å². The lowest BCUT2D eigenvalue weighted by atomic mass is 10.1. The fourth-order valence-electron chi connectivity index (χ4n) is 3.43. The van der Waals surface area contributed by atoms with Gasteiger partial charge < -0.3 is 14.0 Å². The fraction of sp³-hybridized carbons (Fsp3) is 0.286. The first kappa shape index (κ1) is 16.7. The molecule has 5 heteroatoms. The first-order valence-electron chi connectivity index (χ1n) is 8.81.